The molecule has 1 aliphatic carbocycles. The highest BCUT2D eigenvalue weighted by atomic mass is 16.5. The number of pyridine rings is 1. The first-order valence-corrected chi connectivity index (χ1v) is 6.23. The molecule has 2 aromatic rings. The van der Waals surface area contributed by atoms with Crippen molar-refractivity contribution in [1.82, 2.24) is 20.4 Å². The van der Waals surface area contributed by atoms with Gasteiger partial charge in [0.1, 0.15) is 0 Å². The average molecular weight is 244 g/mol. The van der Waals surface area contributed by atoms with Gasteiger partial charge in [0, 0.05) is 11.7 Å². The molecule has 0 amide bonds. The smallest absolute Gasteiger partial charge is 0.259 e. The highest BCUT2D eigenvalue weighted by Crippen LogP contribution is 2.21. The molecule has 1 saturated carbocycles. The summed E-state index contributed by atoms with van der Waals surface area (Å²) in [5.74, 6) is 1.25. The Morgan fingerprint density at radius 2 is 2.11 bits per heavy atom. The highest BCUT2D eigenvalue weighted by Gasteiger charge is 2.21. The van der Waals surface area contributed by atoms with Gasteiger partial charge in [0.25, 0.3) is 5.89 Å². The maximum absolute atomic E-state index is 5.28. The van der Waals surface area contributed by atoms with E-state index < -0.39 is 0 Å². The number of hydrogen-bond acceptors (Lipinski definition) is 5. The summed E-state index contributed by atoms with van der Waals surface area (Å²) in [6.45, 7) is 4.59. The van der Waals surface area contributed by atoms with Gasteiger partial charge in [-0.3, -0.25) is 4.98 Å². The summed E-state index contributed by atoms with van der Waals surface area (Å²) in [7, 11) is 0. The number of nitrogens with one attached hydrogen (secondary N) is 1. The van der Waals surface area contributed by atoms with E-state index in [9.17, 15) is 0 Å². The van der Waals surface area contributed by atoms with Crippen LogP contribution in [0.1, 0.15) is 30.1 Å². The van der Waals surface area contributed by atoms with E-state index in [0.717, 1.165) is 17.0 Å². The van der Waals surface area contributed by atoms with Gasteiger partial charge in [-0.05, 0) is 38.8 Å². The largest absolute Gasteiger partial charge is 0.334 e. The topological polar surface area (TPSA) is 63.8 Å². The number of hydrogen-bond donors (Lipinski definition) is 1. The second-order valence-corrected chi connectivity index (χ2v) is 4.76. The van der Waals surface area contributed by atoms with Crippen molar-refractivity contribution in [2.75, 3.05) is 0 Å². The average Bonchev–Trinajstić information content (AvgIpc) is 3.05. The molecular weight excluding hydrogens is 228 g/mol. The monoisotopic (exact) mass is 244 g/mol. The van der Waals surface area contributed by atoms with Crippen LogP contribution in [-0.4, -0.2) is 21.2 Å². The Kier molecular flexibility index (Phi) is 2.83. The summed E-state index contributed by atoms with van der Waals surface area (Å²) in [6, 6.07) is 4.58. The van der Waals surface area contributed by atoms with Gasteiger partial charge < -0.3 is 9.84 Å². The normalized spacial score (nSPS) is 15.0. The molecule has 0 aliphatic heterocycles. The molecule has 0 radical (unpaired) electrons. The molecule has 1 fully saturated rings. The van der Waals surface area contributed by atoms with Gasteiger partial charge in [0.05, 0.1) is 17.8 Å². The molecule has 5 heteroatoms. The van der Waals surface area contributed by atoms with Crippen LogP contribution in [0.5, 0.6) is 0 Å². The van der Waals surface area contributed by atoms with Crippen LogP contribution < -0.4 is 5.32 Å². The number of rotatable bonds is 4. The second kappa shape index (κ2) is 4.49. The minimum atomic E-state index is 0.549. The molecule has 0 atom stereocenters. The summed E-state index contributed by atoms with van der Waals surface area (Å²) >= 11 is 0. The lowest BCUT2D eigenvalue weighted by atomic mass is 10.2. The number of nitrogens with zero attached hydrogens (tertiary/aromatic N) is 3. The SMILES string of the molecule is Cc1ccc(-c2nc(CNC3CC3)no2)c(C)n1. The standard InChI is InChI=1S/C13H16N4O/c1-8-3-6-11(9(2)15-8)13-16-12(17-18-13)7-14-10-4-5-10/h3,6,10,14H,4-5,7H2,1-2H3. The molecule has 0 unspecified atom stereocenters. The highest BCUT2D eigenvalue weighted by molar-refractivity contribution is 5.55. The zero-order valence-electron chi connectivity index (χ0n) is 10.6. The molecular formula is C13H16N4O. The zero-order valence-corrected chi connectivity index (χ0v) is 10.6. The third kappa shape index (κ3) is 2.41. The summed E-state index contributed by atoms with van der Waals surface area (Å²) in [4.78, 5) is 8.79. The van der Waals surface area contributed by atoms with Crippen molar-refractivity contribution < 1.29 is 4.52 Å². The number of aryl methyl sites for hydroxylation is 2. The molecule has 0 spiro atoms. The summed E-state index contributed by atoms with van der Waals surface area (Å²) in [5, 5.41) is 7.34. The molecule has 5 nitrogen and oxygen atoms in total. The molecule has 18 heavy (non-hydrogen) atoms. The summed E-state index contributed by atoms with van der Waals surface area (Å²) in [5.41, 5.74) is 2.82. The Hall–Kier alpha value is -1.75. The minimum Gasteiger partial charge on any atom is -0.334 e. The van der Waals surface area contributed by atoms with Crippen molar-refractivity contribution in [2.24, 2.45) is 0 Å². The van der Waals surface area contributed by atoms with Crippen molar-refractivity contribution >= 4 is 0 Å². The van der Waals surface area contributed by atoms with Gasteiger partial charge in [0.15, 0.2) is 5.82 Å². The maximum atomic E-state index is 5.28. The zero-order chi connectivity index (χ0) is 12.5. The van der Waals surface area contributed by atoms with Crippen molar-refractivity contribution in [3.63, 3.8) is 0 Å². The van der Waals surface area contributed by atoms with Gasteiger partial charge in [0.2, 0.25) is 0 Å². The maximum Gasteiger partial charge on any atom is 0.259 e. The Morgan fingerprint density at radius 3 is 2.83 bits per heavy atom. The van der Waals surface area contributed by atoms with Crippen LogP contribution in [0.15, 0.2) is 16.7 Å². The van der Waals surface area contributed by atoms with E-state index in [4.69, 9.17) is 4.52 Å². The van der Waals surface area contributed by atoms with Crippen LogP contribution in [0, 0.1) is 13.8 Å². The summed E-state index contributed by atoms with van der Waals surface area (Å²) in [6.07, 6.45) is 2.51. The quantitative estimate of drug-likeness (QED) is 0.891. The fourth-order valence-electron chi connectivity index (χ4n) is 1.87. The van der Waals surface area contributed by atoms with Crippen molar-refractivity contribution in [3.05, 3.63) is 29.3 Å². The molecule has 3 rings (SSSR count). The fraction of sp³-hybridized carbons (Fsp3) is 0.462. The molecule has 0 saturated heterocycles. The Morgan fingerprint density at radius 1 is 1.28 bits per heavy atom. The third-order valence-electron chi connectivity index (χ3n) is 3.05. The first-order chi connectivity index (χ1) is 8.72. The van der Waals surface area contributed by atoms with Crippen molar-refractivity contribution in [1.29, 1.82) is 0 Å². The van der Waals surface area contributed by atoms with Crippen LogP contribution in [0.4, 0.5) is 0 Å². The van der Waals surface area contributed by atoms with E-state index in [2.05, 4.69) is 20.4 Å². The van der Waals surface area contributed by atoms with Gasteiger partial charge in [-0.1, -0.05) is 5.16 Å². The Bertz CT molecular complexity index is 560. The van der Waals surface area contributed by atoms with E-state index >= 15 is 0 Å². The molecule has 1 N–H and O–H groups in total. The Balaban J connectivity index is 1.78. The van der Waals surface area contributed by atoms with Crippen LogP contribution in [0.2, 0.25) is 0 Å². The van der Waals surface area contributed by atoms with Gasteiger partial charge >= 0.3 is 0 Å². The first-order valence-electron chi connectivity index (χ1n) is 6.23. The molecule has 1 aliphatic rings. The molecule has 2 heterocycles. The van der Waals surface area contributed by atoms with Crippen LogP contribution in [0.3, 0.4) is 0 Å². The van der Waals surface area contributed by atoms with Crippen LogP contribution in [0.25, 0.3) is 11.5 Å². The second-order valence-electron chi connectivity index (χ2n) is 4.76. The predicted octanol–water partition coefficient (Wildman–Crippen LogP) is 2.00. The van der Waals surface area contributed by atoms with Crippen LogP contribution in [-0.2, 0) is 6.54 Å². The van der Waals surface area contributed by atoms with E-state index in [1.165, 1.54) is 12.8 Å². The van der Waals surface area contributed by atoms with Gasteiger partial charge in [-0.25, -0.2) is 0 Å². The summed E-state index contributed by atoms with van der Waals surface area (Å²) < 4.78 is 5.28. The van der Waals surface area contributed by atoms with Crippen molar-refractivity contribution in [2.45, 2.75) is 39.3 Å². The molecule has 0 bridgehead atoms. The van der Waals surface area contributed by atoms with E-state index in [-0.39, 0.29) is 0 Å². The lowest BCUT2D eigenvalue weighted by Crippen LogP contribution is -2.16. The number of aromatic nitrogens is 3. The predicted molar refractivity (Wildman–Crippen MR) is 66.9 cm³/mol. The lowest BCUT2D eigenvalue weighted by molar-refractivity contribution is 0.419. The minimum absolute atomic E-state index is 0.549. The van der Waals surface area contributed by atoms with E-state index in [1.807, 2.05) is 26.0 Å². The van der Waals surface area contributed by atoms with E-state index in [0.29, 0.717) is 24.3 Å². The first kappa shape index (κ1) is 11.3. The fourth-order valence-corrected chi connectivity index (χ4v) is 1.87. The Labute approximate surface area is 106 Å². The van der Waals surface area contributed by atoms with Gasteiger partial charge in [-0.2, -0.15) is 4.98 Å². The van der Waals surface area contributed by atoms with Crippen LogP contribution >= 0.6 is 0 Å². The third-order valence-corrected chi connectivity index (χ3v) is 3.05. The molecule has 94 valence electrons. The van der Waals surface area contributed by atoms with Gasteiger partial charge in [-0.15, -0.1) is 0 Å². The van der Waals surface area contributed by atoms with Crippen molar-refractivity contribution in [3.8, 4) is 11.5 Å². The molecule has 0 aromatic carbocycles. The lowest BCUT2D eigenvalue weighted by Gasteiger charge is -2.00. The molecule has 2 aromatic heterocycles. The van der Waals surface area contributed by atoms with E-state index in [1.54, 1.807) is 0 Å².